The maximum Gasteiger partial charge on any atom is 0.0439 e. The van der Waals surface area contributed by atoms with Crippen molar-refractivity contribution in [1.82, 2.24) is 4.90 Å². The second-order valence-electron chi connectivity index (χ2n) is 3.40. The monoisotopic (exact) mass is 125 g/mol. The van der Waals surface area contributed by atoms with Gasteiger partial charge in [0.05, 0.1) is 0 Å². The van der Waals surface area contributed by atoms with Crippen LogP contribution in [0.25, 0.3) is 0 Å². The standard InChI is InChI=1S/C8H15N/c1-7-4-8(2)6-9(3)5-7/h3,7-8H,4-6H2,1-2H3/t7-,8+. The smallest absolute Gasteiger partial charge is 0.0439 e. The zero-order chi connectivity index (χ0) is 6.85. The molecule has 0 bridgehead atoms. The van der Waals surface area contributed by atoms with E-state index in [9.17, 15) is 0 Å². The van der Waals surface area contributed by atoms with Crippen molar-refractivity contribution in [3.63, 3.8) is 0 Å². The van der Waals surface area contributed by atoms with Gasteiger partial charge in [0.15, 0.2) is 0 Å². The summed E-state index contributed by atoms with van der Waals surface area (Å²) in [6.45, 7) is 6.67. The van der Waals surface area contributed by atoms with Crippen LogP contribution in [0, 0.1) is 18.9 Å². The average Bonchev–Trinajstić information content (AvgIpc) is 1.59. The number of hydrogen-bond donors (Lipinski definition) is 0. The molecule has 1 rings (SSSR count). The molecule has 2 atom stereocenters. The lowest BCUT2D eigenvalue weighted by Gasteiger charge is -2.31. The molecule has 1 nitrogen and oxygen atoms in total. The lowest BCUT2D eigenvalue weighted by molar-refractivity contribution is 0.189. The quantitative estimate of drug-likeness (QED) is 0.475. The van der Waals surface area contributed by atoms with E-state index in [0.717, 1.165) is 24.9 Å². The Morgan fingerprint density at radius 1 is 1.22 bits per heavy atom. The van der Waals surface area contributed by atoms with Gasteiger partial charge in [0, 0.05) is 20.1 Å². The second kappa shape index (κ2) is 2.70. The normalized spacial score (nSPS) is 39.0. The Hall–Kier alpha value is -0.0400. The Morgan fingerprint density at radius 3 is 2.00 bits per heavy atom. The van der Waals surface area contributed by atoms with E-state index >= 15 is 0 Å². The van der Waals surface area contributed by atoms with Gasteiger partial charge in [-0.3, -0.25) is 4.90 Å². The first-order valence-corrected chi connectivity index (χ1v) is 3.68. The van der Waals surface area contributed by atoms with Crippen molar-refractivity contribution in [3.05, 3.63) is 7.05 Å². The van der Waals surface area contributed by atoms with Crippen LogP contribution in [0.5, 0.6) is 0 Å². The fourth-order valence-electron chi connectivity index (χ4n) is 1.71. The molecule has 0 spiro atoms. The zero-order valence-electron chi connectivity index (χ0n) is 6.30. The van der Waals surface area contributed by atoms with Crippen molar-refractivity contribution >= 4 is 0 Å². The van der Waals surface area contributed by atoms with Crippen LogP contribution in [0.1, 0.15) is 20.3 Å². The maximum atomic E-state index is 5.65. The molecular formula is C8H15N. The summed E-state index contributed by atoms with van der Waals surface area (Å²) in [5, 5.41) is 0. The van der Waals surface area contributed by atoms with Gasteiger partial charge < -0.3 is 0 Å². The van der Waals surface area contributed by atoms with E-state index in [-0.39, 0.29) is 0 Å². The molecule has 1 saturated heterocycles. The minimum absolute atomic E-state index is 0.791. The van der Waals surface area contributed by atoms with Crippen molar-refractivity contribution in [2.45, 2.75) is 20.3 Å². The summed E-state index contributed by atoms with van der Waals surface area (Å²) in [6, 6.07) is 0. The highest BCUT2D eigenvalue weighted by molar-refractivity contribution is 4.73. The van der Waals surface area contributed by atoms with E-state index in [2.05, 4.69) is 13.8 Å². The molecule has 0 aliphatic carbocycles. The van der Waals surface area contributed by atoms with Crippen LogP contribution in [0.15, 0.2) is 0 Å². The van der Waals surface area contributed by atoms with Crippen molar-refractivity contribution < 1.29 is 0 Å². The number of piperidine rings is 1. The molecule has 2 radical (unpaired) electrons. The Kier molecular flexibility index (Phi) is 2.12. The number of likely N-dealkylation sites (tertiary alicyclic amines) is 1. The summed E-state index contributed by atoms with van der Waals surface area (Å²) in [6.07, 6.45) is 1.34. The summed E-state index contributed by atoms with van der Waals surface area (Å²) >= 11 is 0. The Morgan fingerprint density at radius 2 is 1.67 bits per heavy atom. The Bertz CT molecular complexity index is 65.5. The van der Waals surface area contributed by atoms with Crippen LogP contribution >= 0.6 is 0 Å². The Balaban J connectivity index is 2.34. The maximum absolute atomic E-state index is 5.65. The SMILES string of the molecule is [CH]N1C[C@H](C)C[C@H](C)C1. The molecule has 0 unspecified atom stereocenters. The van der Waals surface area contributed by atoms with Crippen molar-refractivity contribution in [2.24, 2.45) is 11.8 Å². The highest BCUT2D eigenvalue weighted by Crippen LogP contribution is 2.19. The lowest BCUT2D eigenvalue weighted by Crippen LogP contribution is -2.34. The third-order valence-corrected chi connectivity index (χ3v) is 1.90. The predicted octanol–water partition coefficient (Wildman–Crippen LogP) is 1.63. The molecule has 1 aliphatic heterocycles. The third kappa shape index (κ3) is 1.98. The summed E-state index contributed by atoms with van der Waals surface area (Å²) < 4.78 is 0. The molecule has 0 N–H and O–H groups in total. The highest BCUT2D eigenvalue weighted by atomic mass is 15.1. The average molecular weight is 125 g/mol. The van der Waals surface area contributed by atoms with Gasteiger partial charge in [-0.2, -0.15) is 0 Å². The highest BCUT2D eigenvalue weighted by Gasteiger charge is 2.18. The van der Waals surface area contributed by atoms with Crippen molar-refractivity contribution in [1.29, 1.82) is 0 Å². The molecule has 0 saturated carbocycles. The molecule has 52 valence electrons. The molecule has 9 heavy (non-hydrogen) atoms. The molecule has 0 aromatic rings. The van der Waals surface area contributed by atoms with Crippen molar-refractivity contribution in [2.75, 3.05) is 13.1 Å². The van der Waals surface area contributed by atoms with Gasteiger partial charge >= 0.3 is 0 Å². The van der Waals surface area contributed by atoms with Gasteiger partial charge in [-0.1, -0.05) is 13.8 Å². The number of rotatable bonds is 0. The van der Waals surface area contributed by atoms with E-state index < -0.39 is 0 Å². The van der Waals surface area contributed by atoms with Gasteiger partial charge in [0.1, 0.15) is 0 Å². The van der Waals surface area contributed by atoms with Gasteiger partial charge in [0.25, 0.3) is 0 Å². The number of nitrogens with zero attached hydrogens (tertiary/aromatic N) is 1. The van der Waals surface area contributed by atoms with Crippen LogP contribution in [0.4, 0.5) is 0 Å². The predicted molar refractivity (Wildman–Crippen MR) is 38.8 cm³/mol. The van der Waals surface area contributed by atoms with E-state index in [1.54, 1.807) is 0 Å². The molecule has 1 heterocycles. The minimum atomic E-state index is 0.791. The molecule has 0 aromatic carbocycles. The first-order valence-electron chi connectivity index (χ1n) is 3.68. The fourth-order valence-corrected chi connectivity index (χ4v) is 1.71. The van der Waals surface area contributed by atoms with E-state index in [1.807, 2.05) is 4.90 Å². The summed E-state index contributed by atoms with van der Waals surface area (Å²) in [5.74, 6) is 1.58. The molecule has 1 aliphatic rings. The van der Waals surface area contributed by atoms with Gasteiger partial charge in [-0.05, 0) is 18.3 Å². The molecule has 0 aromatic heterocycles. The van der Waals surface area contributed by atoms with Gasteiger partial charge in [-0.15, -0.1) is 0 Å². The van der Waals surface area contributed by atoms with Crippen LogP contribution in [-0.2, 0) is 0 Å². The van der Waals surface area contributed by atoms with Crippen LogP contribution < -0.4 is 0 Å². The van der Waals surface area contributed by atoms with E-state index in [4.69, 9.17) is 7.05 Å². The van der Waals surface area contributed by atoms with E-state index in [1.165, 1.54) is 6.42 Å². The largest absolute Gasteiger partial charge is 0.297 e. The first kappa shape index (κ1) is 7.07. The topological polar surface area (TPSA) is 3.24 Å². The van der Waals surface area contributed by atoms with Crippen LogP contribution in [-0.4, -0.2) is 18.0 Å². The minimum Gasteiger partial charge on any atom is -0.297 e. The molecular weight excluding hydrogens is 110 g/mol. The zero-order valence-corrected chi connectivity index (χ0v) is 6.30. The first-order chi connectivity index (χ1) is 4.18. The second-order valence-corrected chi connectivity index (χ2v) is 3.40. The van der Waals surface area contributed by atoms with E-state index in [0.29, 0.717) is 0 Å². The van der Waals surface area contributed by atoms with Crippen LogP contribution in [0.3, 0.4) is 0 Å². The summed E-state index contributed by atoms with van der Waals surface area (Å²) in [4.78, 5) is 1.93. The van der Waals surface area contributed by atoms with Crippen LogP contribution in [0.2, 0.25) is 0 Å². The summed E-state index contributed by atoms with van der Waals surface area (Å²) in [7, 11) is 5.65. The lowest BCUT2D eigenvalue weighted by atomic mass is 9.92. The third-order valence-electron chi connectivity index (χ3n) is 1.90. The fraction of sp³-hybridized carbons (Fsp3) is 0.875. The molecule has 0 amide bonds. The molecule has 1 fully saturated rings. The van der Waals surface area contributed by atoms with Gasteiger partial charge in [-0.25, -0.2) is 0 Å². The van der Waals surface area contributed by atoms with Gasteiger partial charge in [0.2, 0.25) is 0 Å². The molecule has 1 heteroatoms. The Labute approximate surface area is 58.0 Å². The summed E-state index contributed by atoms with van der Waals surface area (Å²) in [5.41, 5.74) is 0. The number of hydrogen-bond acceptors (Lipinski definition) is 1. The van der Waals surface area contributed by atoms with Crippen molar-refractivity contribution in [3.8, 4) is 0 Å².